The Morgan fingerprint density at radius 1 is 1.67 bits per heavy atom. The number of amidine groups is 1. The average Bonchev–Trinajstić information content (AvgIpc) is 2.12. The third-order valence-electron chi connectivity index (χ3n) is 0.959. The first-order chi connectivity index (χ1) is 3.80. The Kier molecular flexibility index (Phi) is 3.99. The van der Waals surface area contributed by atoms with Gasteiger partial charge in [0.25, 0.3) is 0 Å². The molecular weight excluding hydrogens is 207 g/mol. The fourth-order valence-electron chi connectivity index (χ4n) is 0.507. The summed E-state index contributed by atoms with van der Waals surface area (Å²) in [6, 6.07) is 0. The van der Waals surface area contributed by atoms with E-state index >= 15 is 0 Å². The second-order valence-corrected chi connectivity index (χ2v) is 2.02. The number of aliphatic imine (C=N–C) groups is 1. The van der Waals surface area contributed by atoms with Crippen LogP contribution < -0.4 is 0 Å². The number of nitrogens with zero attached hydrogens (tertiary/aromatic N) is 2. The van der Waals surface area contributed by atoms with Crippen LogP contribution in [-0.2, 0) is 24.3 Å². The minimum absolute atomic E-state index is 0. The fraction of sp³-hybridized carbons (Fsp3) is 0.800. The molecule has 0 aromatic carbocycles. The Hall–Kier alpha value is 0.0534. The van der Waals surface area contributed by atoms with Crippen LogP contribution in [-0.4, -0.2) is 12.6 Å². The molecule has 0 atom stereocenters. The Morgan fingerprint density at radius 2 is 2.33 bits per heavy atom. The van der Waals surface area contributed by atoms with Gasteiger partial charge >= 0.3 is 0 Å². The van der Waals surface area contributed by atoms with Gasteiger partial charge in [-0.1, -0.05) is 19.7 Å². The number of hydrogen-bond donors (Lipinski definition) is 0. The van der Waals surface area contributed by atoms with Gasteiger partial charge in [-0.2, -0.15) is 0 Å². The van der Waals surface area contributed by atoms with Crippen LogP contribution in [0.4, 0.5) is 0 Å². The van der Waals surface area contributed by atoms with Crippen LogP contribution in [0.1, 0.15) is 13.8 Å². The summed E-state index contributed by atoms with van der Waals surface area (Å²) in [7, 11) is 0. The van der Waals surface area contributed by atoms with Gasteiger partial charge in [-0.3, -0.25) is 0 Å². The van der Waals surface area contributed by atoms with Crippen molar-refractivity contribution >= 4 is 5.84 Å². The van der Waals surface area contributed by atoms with Crippen molar-refractivity contribution in [3.63, 3.8) is 0 Å². The van der Waals surface area contributed by atoms with Crippen molar-refractivity contribution in [2.75, 3.05) is 6.73 Å². The van der Waals surface area contributed by atoms with Gasteiger partial charge in [0.15, 0.2) is 0 Å². The molecule has 1 aliphatic rings. The molecule has 0 fully saturated rings. The zero-order chi connectivity index (χ0) is 5.98. The minimum atomic E-state index is 0. The van der Waals surface area contributed by atoms with Crippen molar-refractivity contribution in [1.82, 2.24) is 0 Å². The van der Waals surface area contributed by atoms with E-state index < -0.39 is 0 Å². The second kappa shape index (κ2) is 3.96. The molecule has 1 aliphatic heterocycles. The molecule has 4 heteroatoms. The third kappa shape index (κ3) is 2.42. The quantitative estimate of drug-likeness (QED) is 0.608. The van der Waals surface area contributed by atoms with E-state index in [1.165, 1.54) is 0 Å². The van der Waals surface area contributed by atoms with Crippen LogP contribution in [0, 0.1) is 5.92 Å². The zero-order valence-corrected chi connectivity index (χ0v) is 7.06. The molecule has 1 radical (unpaired) electrons. The van der Waals surface area contributed by atoms with Crippen LogP contribution >= 0.6 is 0 Å². The summed E-state index contributed by atoms with van der Waals surface area (Å²) in [5.74, 6) is 1.22. The molecule has 0 aromatic heterocycles. The van der Waals surface area contributed by atoms with Crippen LogP contribution in [0.3, 0.4) is 0 Å². The SMILES string of the molecule is CC(C)C1=NCO[N-]1.[Rh]. The Bertz CT molecular complexity index is 114. The standard InChI is InChI=1S/C5H9N2O.Rh/c1-4(2)5-6-3-8-7-5;/h4H,3H2,1-2H3;/q-1;. The summed E-state index contributed by atoms with van der Waals surface area (Å²) in [6.45, 7) is 4.49. The first kappa shape index (κ1) is 9.05. The van der Waals surface area contributed by atoms with Gasteiger partial charge in [0.1, 0.15) is 0 Å². The summed E-state index contributed by atoms with van der Waals surface area (Å²) < 4.78 is 0. The summed E-state index contributed by atoms with van der Waals surface area (Å²) >= 11 is 0. The third-order valence-corrected chi connectivity index (χ3v) is 0.959. The predicted octanol–water partition coefficient (Wildman–Crippen LogP) is 1.31. The largest absolute Gasteiger partial charge is 0.443 e. The summed E-state index contributed by atoms with van der Waals surface area (Å²) in [6.07, 6.45) is 0. The van der Waals surface area contributed by atoms with Gasteiger partial charge < -0.3 is 15.3 Å². The molecular formula is C5H9N2ORh-. The van der Waals surface area contributed by atoms with Crippen LogP contribution in [0.5, 0.6) is 0 Å². The van der Waals surface area contributed by atoms with Gasteiger partial charge in [0, 0.05) is 19.5 Å². The van der Waals surface area contributed by atoms with E-state index in [-0.39, 0.29) is 19.5 Å². The van der Waals surface area contributed by atoms with E-state index in [0.29, 0.717) is 12.6 Å². The van der Waals surface area contributed by atoms with Gasteiger partial charge in [0.2, 0.25) is 0 Å². The molecule has 0 saturated carbocycles. The maximum atomic E-state index is 4.64. The molecule has 0 aliphatic carbocycles. The molecule has 0 aromatic rings. The van der Waals surface area contributed by atoms with E-state index in [1.54, 1.807) is 0 Å². The van der Waals surface area contributed by atoms with Gasteiger partial charge in [-0.15, -0.1) is 0 Å². The molecule has 0 bridgehead atoms. The smallest absolute Gasteiger partial charge is 0.0589 e. The van der Waals surface area contributed by atoms with E-state index in [2.05, 4.69) is 15.3 Å². The first-order valence-corrected chi connectivity index (χ1v) is 2.68. The van der Waals surface area contributed by atoms with Crippen LogP contribution in [0.15, 0.2) is 4.99 Å². The fourth-order valence-corrected chi connectivity index (χ4v) is 0.507. The van der Waals surface area contributed by atoms with Crippen molar-refractivity contribution in [1.29, 1.82) is 0 Å². The van der Waals surface area contributed by atoms with Gasteiger partial charge in [-0.05, 0) is 5.92 Å². The van der Waals surface area contributed by atoms with Crippen molar-refractivity contribution in [3.05, 3.63) is 5.48 Å². The van der Waals surface area contributed by atoms with E-state index in [1.807, 2.05) is 13.8 Å². The molecule has 0 amide bonds. The molecule has 1 rings (SSSR count). The monoisotopic (exact) mass is 216 g/mol. The van der Waals surface area contributed by atoms with E-state index in [9.17, 15) is 0 Å². The molecule has 9 heavy (non-hydrogen) atoms. The first-order valence-electron chi connectivity index (χ1n) is 2.68. The van der Waals surface area contributed by atoms with Crippen molar-refractivity contribution < 1.29 is 24.3 Å². The molecule has 0 spiro atoms. The minimum Gasteiger partial charge on any atom is -0.443 e. The molecule has 55 valence electrons. The van der Waals surface area contributed by atoms with E-state index in [4.69, 9.17) is 0 Å². The Morgan fingerprint density at radius 3 is 2.56 bits per heavy atom. The molecule has 1 heterocycles. The molecule has 0 unspecified atom stereocenters. The van der Waals surface area contributed by atoms with E-state index in [0.717, 1.165) is 5.84 Å². The predicted molar refractivity (Wildman–Crippen MR) is 31.6 cm³/mol. The molecule has 0 N–H and O–H groups in total. The average molecular weight is 216 g/mol. The summed E-state index contributed by atoms with van der Waals surface area (Å²) in [5.41, 5.74) is 3.69. The van der Waals surface area contributed by atoms with Crippen LogP contribution in [0.25, 0.3) is 5.48 Å². The van der Waals surface area contributed by atoms with Gasteiger partial charge in [0.05, 0.1) is 6.73 Å². The zero-order valence-electron chi connectivity index (χ0n) is 5.42. The number of hydrogen-bond acceptors (Lipinski definition) is 2. The summed E-state index contributed by atoms with van der Waals surface area (Å²) in [5, 5.41) is 0. The number of hydroxylamine groups is 1. The normalized spacial score (nSPS) is 16.6. The Balaban J connectivity index is 0.000000640. The maximum Gasteiger partial charge on any atom is 0.0589 e. The Labute approximate surface area is 67.6 Å². The second-order valence-electron chi connectivity index (χ2n) is 2.02. The van der Waals surface area contributed by atoms with Crippen molar-refractivity contribution in [3.8, 4) is 0 Å². The molecule has 0 saturated heterocycles. The maximum absolute atomic E-state index is 4.64. The topological polar surface area (TPSA) is 35.7 Å². The number of rotatable bonds is 1. The van der Waals surface area contributed by atoms with Crippen molar-refractivity contribution in [2.45, 2.75) is 13.8 Å². The van der Waals surface area contributed by atoms with Crippen molar-refractivity contribution in [2.24, 2.45) is 10.9 Å². The molecule has 3 nitrogen and oxygen atoms in total. The summed E-state index contributed by atoms with van der Waals surface area (Å²) in [4.78, 5) is 8.60. The van der Waals surface area contributed by atoms with Crippen LogP contribution in [0.2, 0.25) is 0 Å². The van der Waals surface area contributed by atoms with Gasteiger partial charge in [-0.25, -0.2) is 0 Å².